The van der Waals surface area contributed by atoms with Crippen molar-refractivity contribution in [3.05, 3.63) is 35.0 Å². The molecule has 1 aromatic heterocycles. The molecule has 0 spiro atoms. The van der Waals surface area contributed by atoms with Crippen molar-refractivity contribution >= 4 is 22.6 Å². The van der Waals surface area contributed by atoms with Gasteiger partial charge in [-0.2, -0.15) is 0 Å². The highest BCUT2D eigenvalue weighted by Crippen LogP contribution is 2.37. The van der Waals surface area contributed by atoms with Gasteiger partial charge < -0.3 is 14.4 Å². The predicted octanol–water partition coefficient (Wildman–Crippen LogP) is 4.03. The van der Waals surface area contributed by atoms with Crippen molar-refractivity contribution in [1.29, 1.82) is 0 Å². The number of aliphatic hydroxyl groups is 1. The first-order chi connectivity index (χ1) is 9.98. The Bertz CT molecular complexity index is 627. The fourth-order valence-corrected chi connectivity index (χ4v) is 3.35. The molecule has 0 amide bonds. The van der Waals surface area contributed by atoms with E-state index in [-0.39, 0.29) is 0 Å². The van der Waals surface area contributed by atoms with E-state index in [0.29, 0.717) is 35.1 Å². The minimum absolute atomic E-state index is 0.597. The molecule has 1 saturated heterocycles. The third-order valence-electron chi connectivity index (χ3n) is 4.26. The Morgan fingerprint density at radius 3 is 2.67 bits per heavy atom. The molecule has 0 bridgehead atoms. The van der Waals surface area contributed by atoms with E-state index in [2.05, 4.69) is 18.7 Å². The normalized spacial score (nSPS) is 19.5. The van der Waals surface area contributed by atoms with Crippen molar-refractivity contribution in [3.63, 3.8) is 0 Å². The molecular weight excluding hydrogens is 286 g/mol. The molecule has 2 heterocycles. The quantitative estimate of drug-likeness (QED) is 0.930. The highest BCUT2D eigenvalue weighted by molar-refractivity contribution is 6.34. The maximum atomic E-state index is 10.9. The number of furan rings is 1. The topological polar surface area (TPSA) is 36.6 Å². The van der Waals surface area contributed by atoms with E-state index in [4.69, 9.17) is 16.0 Å². The van der Waals surface area contributed by atoms with Crippen LogP contribution in [0, 0.1) is 5.92 Å². The Balaban J connectivity index is 1.81. The number of hydrogen-bond acceptors (Lipinski definition) is 3. The number of hydrogen-bond donors (Lipinski definition) is 1. The van der Waals surface area contributed by atoms with Gasteiger partial charge in [0.05, 0.1) is 5.02 Å². The minimum atomic E-state index is -0.865. The summed E-state index contributed by atoms with van der Waals surface area (Å²) in [5.74, 6) is 1.30. The van der Waals surface area contributed by atoms with Crippen LogP contribution in [0.5, 0.6) is 0 Å². The standard InChI is InChI=1S/C17H22ClNO2/c1-12(2)11-19-8-6-17(20,7-9-19)15-10-13-4-3-5-14(18)16(13)21-15/h3-5,10,12,20H,6-9,11H2,1-2H3. The second-order valence-corrected chi connectivity index (χ2v) is 6.90. The summed E-state index contributed by atoms with van der Waals surface area (Å²) < 4.78 is 5.86. The van der Waals surface area contributed by atoms with E-state index >= 15 is 0 Å². The van der Waals surface area contributed by atoms with Crippen LogP contribution in [0.15, 0.2) is 28.7 Å². The van der Waals surface area contributed by atoms with E-state index in [0.717, 1.165) is 25.0 Å². The van der Waals surface area contributed by atoms with Gasteiger partial charge in [0.25, 0.3) is 0 Å². The molecule has 3 rings (SSSR count). The first-order valence-electron chi connectivity index (χ1n) is 7.61. The molecule has 3 nitrogen and oxygen atoms in total. The molecule has 2 aromatic rings. The summed E-state index contributed by atoms with van der Waals surface area (Å²) >= 11 is 6.15. The van der Waals surface area contributed by atoms with Crippen LogP contribution in [0.4, 0.5) is 0 Å². The van der Waals surface area contributed by atoms with E-state index in [1.807, 2.05) is 24.3 Å². The third kappa shape index (κ3) is 2.96. The summed E-state index contributed by atoms with van der Waals surface area (Å²) in [7, 11) is 0. The van der Waals surface area contributed by atoms with E-state index in [1.54, 1.807) is 0 Å². The minimum Gasteiger partial charge on any atom is -0.456 e. The summed E-state index contributed by atoms with van der Waals surface area (Å²) in [5, 5.41) is 12.5. The van der Waals surface area contributed by atoms with E-state index in [9.17, 15) is 5.11 Å². The maximum Gasteiger partial charge on any atom is 0.153 e. The summed E-state index contributed by atoms with van der Waals surface area (Å²) in [6.07, 6.45) is 1.41. The lowest BCUT2D eigenvalue weighted by molar-refractivity contribution is -0.0427. The zero-order chi connectivity index (χ0) is 15.0. The number of rotatable bonds is 3. The molecule has 1 aromatic carbocycles. The van der Waals surface area contributed by atoms with Crippen LogP contribution in [-0.4, -0.2) is 29.6 Å². The molecular formula is C17H22ClNO2. The number of benzene rings is 1. The molecule has 0 aliphatic carbocycles. The van der Waals surface area contributed by atoms with Gasteiger partial charge in [0, 0.05) is 25.0 Å². The van der Waals surface area contributed by atoms with Crippen molar-refractivity contribution in [2.24, 2.45) is 5.92 Å². The van der Waals surface area contributed by atoms with Crippen LogP contribution < -0.4 is 0 Å². The second-order valence-electron chi connectivity index (χ2n) is 6.49. The molecule has 1 fully saturated rings. The Hall–Kier alpha value is -1.03. The molecule has 1 N–H and O–H groups in total. The molecule has 1 aliphatic rings. The third-order valence-corrected chi connectivity index (χ3v) is 4.56. The summed E-state index contributed by atoms with van der Waals surface area (Å²) in [6.45, 7) is 7.34. The van der Waals surface area contributed by atoms with Gasteiger partial charge in [-0.25, -0.2) is 0 Å². The molecule has 0 atom stereocenters. The largest absolute Gasteiger partial charge is 0.456 e. The SMILES string of the molecule is CC(C)CN1CCC(O)(c2cc3cccc(Cl)c3o2)CC1. The van der Waals surface area contributed by atoms with Gasteiger partial charge >= 0.3 is 0 Å². The van der Waals surface area contributed by atoms with Gasteiger partial charge in [-0.3, -0.25) is 0 Å². The number of halogens is 1. The average molecular weight is 308 g/mol. The molecule has 0 saturated carbocycles. The summed E-state index contributed by atoms with van der Waals surface area (Å²) in [4.78, 5) is 2.41. The van der Waals surface area contributed by atoms with Crippen molar-refractivity contribution in [2.75, 3.05) is 19.6 Å². The van der Waals surface area contributed by atoms with Crippen molar-refractivity contribution in [2.45, 2.75) is 32.3 Å². The first-order valence-corrected chi connectivity index (χ1v) is 7.99. The lowest BCUT2D eigenvalue weighted by atomic mass is 9.88. The van der Waals surface area contributed by atoms with E-state index < -0.39 is 5.60 Å². The van der Waals surface area contributed by atoms with Crippen LogP contribution in [0.1, 0.15) is 32.4 Å². The Kier molecular flexibility index (Phi) is 4.00. The Labute approximate surface area is 130 Å². The zero-order valence-corrected chi connectivity index (χ0v) is 13.4. The fourth-order valence-electron chi connectivity index (χ4n) is 3.13. The van der Waals surface area contributed by atoms with Gasteiger partial charge in [-0.15, -0.1) is 0 Å². The number of piperidine rings is 1. The molecule has 21 heavy (non-hydrogen) atoms. The average Bonchev–Trinajstić information content (AvgIpc) is 2.87. The van der Waals surface area contributed by atoms with Crippen LogP contribution in [0.3, 0.4) is 0 Å². The zero-order valence-electron chi connectivity index (χ0n) is 12.6. The van der Waals surface area contributed by atoms with Crippen LogP contribution in [0.2, 0.25) is 5.02 Å². The number of nitrogens with zero attached hydrogens (tertiary/aromatic N) is 1. The molecule has 0 unspecified atom stereocenters. The van der Waals surface area contributed by atoms with Crippen molar-refractivity contribution in [3.8, 4) is 0 Å². The second kappa shape index (κ2) is 5.64. The summed E-state index contributed by atoms with van der Waals surface area (Å²) in [6, 6.07) is 7.61. The summed E-state index contributed by atoms with van der Waals surface area (Å²) in [5.41, 5.74) is -0.192. The Morgan fingerprint density at radius 1 is 1.33 bits per heavy atom. The first kappa shape index (κ1) is 14.9. The lowest BCUT2D eigenvalue weighted by Gasteiger charge is -2.37. The number of fused-ring (bicyclic) bond motifs is 1. The molecule has 0 radical (unpaired) electrons. The molecule has 114 valence electrons. The van der Waals surface area contributed by atoms with Gasteiger partial charge in [0.1, 0.15) is 11.4 Å². The van der Waals surface area contributed by atoms with Crippen LogP contribution in [0.25, 0.3) is 11.0 Å². The number of para-hydroxylation sites is 1. The number of likely N-dealkylation sites (tertiary alicyclic amines) is 1. The van der Waals surface area contributed by atoms with Crippen LogP contribution in [-0.2, 0) is 5.60 Å². The maximum absolute atomic E-state index is 10.9. The lowest BCUT2D eigenvalue weighted by Crippen LogP contribution is -2.43. The van der Waals surface area contributed by atoms with Gasteiger partial charge in [0.2, 0.25) is 0 Å². The molecule has 4 heteroatoms. The van der Waals surface area contributed by atoms with Gasteiger partial charge in [0.15, 0.2) is 5.58 Å². The van der Waals surface area contributed by atoms with E-state index in [1.165, 1.54) is 0 Å². The van der Waals surface area contributed by atoms with Gasteiger partial charge in [-0.05, 0) is 30.9 Å². The van der Waals surface area contributed by atoms with Crippen molar-refractivity contribution < 1.29 is 9.52 Å². The Morgan fingerprint density at radius 2 is 2.05 bits per heavy atom. The highest BCUT2D eigenvalue weighted by Gasteiger charge is 2.37. The smallest absolute Gasteiger partial charge is 0.153 e. The fraction of sp³-hybridized carbons (Fsp3) is 0.529. The van der Waals surface area contributed by atoms with Crippen LogP contribution >= 0.6 is 11.6 Å². The van der Waals surface area contributed by atoms with Gasteiger partial charge in [-0.1, -0.05) is 37.6 Å². The monoisotopic (exact) mass is 307 g/mol. The van der Waals surface area contributed by atoms with Crippen molar-refractivity contribution in [1.82, 2.24) is 4.90 Å². The predicted molar refractivity (Wildman–Crippen MR) is 85.6 cm³/mol. The molecule has 1 aliphatic heterocycles. The highest BCUT2D eigenvalue weighted by atomic mass is 35.5.